The number of nitrogens with zero attached hydrogens (tertiary/aromatic N) is 2. The first-order chi connectivity index (χ1) is 9.40. The summed E-state index contributed by atoms with van der Waals surface area (Å²) in [5.74, 6) is 0.382. The zero-order valence-electron chi connectivity index (χ0n) is 12.6. The third-order valence-corrected chi connectivity index (χ3v) is 4.33. The van der Waals surface area contributed by atoms with E-state index in [1.165, 1.54) is 18.6 Å². The molecule has 0 aromatic heterocycles. The van der Waals surface area contributed by atoms with Gasteiger partial charge in [0.15, 0.2) is 0 Å². The van der Waals surface area contributed by atoms with Gasteiger partial charge in [-0.05, 0) is 48.8 Å². The van der Waals surface area contributed by atoms with E-state index in [0.717, 1.165) is 31.6 Å². The number of hydrogen-bond donors (Lipinski definition) is 0. The fourth-order valence-corrected chi connectivity index (χ4v) is 3.04. The molecule has 1 aromatic rings. The highest BCUT2D eigenvalue weighted by Gasteiger charge is 2.27. The predicted octanol–water partition coefficient (Wildman–Crippen LogP) is 4.35. The Morgan fingerprint density at radius 2 is 1.95 bits per heavy atom. The van der Waals surface area contributed by atoms with Crippen LogP contribution in [0.3, 0.4) is 0 Å². The van der Waals surface area contributed by atoms with E-state index in [-0.39, 0.29) is 5.82 Å². The smallest absolute Gasteiger partial charge is 0.126 e. The van der Waals surface area contributed by atoms with Crippen LogP contribution in [0.25, 0.3) is 0 Å². The van der Waals surface area contributed by atoms with E-state index in [1.807, 2.05) is 6.07 Å². The summed E-state index contributed by atoms with van der Waals surface area (Å²) in [7, 11) is 0. The largest absolute Gasteiger partial charge is 0.371 e. The summed E-state index contributed by atoms with van der Waals surface area (Å²) in [5.41, 5.74) is 1.57. The molecule has 1 atom stereocenters. The zero-order chi connectivity index (χ0) is 14.8. The van der Waals surface area contributed by atoms with Crippen LogP contribution < -0.4 is 4.90 Å². The second-order valence-corrected chi connectivity index (χ2v) is 6.79. The topological polar surface area (TPSA) is 27.0 Å². The van der Waals surface area contributed by atoms with Crippen molar-refractivity contribution in [2.75, 3.05) is 18.0 Å². The van der Waals surface area contributed by atoms with E-state index >= 15 is 0 Å². The van der Waals surface area contributed by atoms with Crippen molar-refractivity contribution in [3.8, 4) is 6.07 Å². The standard InChI is InChI=1S/C17H23FN2/c1-17(2,3)14-5-4-7-20(8-6-14)16-10-13(12-19)9-15(18)11-16/h9-11,14H,4-8H2,1-3H3. The van der Waals surface area contributed by atoms with Gasteiger partial charge in [-0.2, -0.15) is 5.26 Å². The number of nitriles is 1. The molecule has 1 saturated heterocycles. The molecule has 1 unspecified atom stereocenters. The molecule has 2 nitrogen and oxygen atoms in total. The molecule has 1 fully saturated rings. The lowest BCUT2D eigenvalue weighted by Gasteiger charge is -2.30. The normalized spacial score (nSPS) is 20.4. The molecule has 2 rings (SSSR count). The second kappa shape index (κ2) is 5.83. The lowest BCUT2D eigenvalue weighted by atomic mass is 9.77. The average Bonchev–Trinajstić information content (AvgIpc) is 2.63. The first-order valence-corrected chi connectivity index (χ1v) is 7.36. The summed E-state index contributed by atoms with van der Waals surface area (Å²) in [6, 6.07) is 6.65. The fourth-order valence-electron chi connectivity index (χ4n) is 3.04. The molecule has 0 bridgehead atoms. The number of halogens is 1. The minimum Gasteiger partial charge on any atom is -0.371 e. The molecular formula is C17H23FN2. The van der Waals surface area contributed by atoms with Crippen molar-refractivity contribution in [3.05, 3.63) is 29.6 Å². The molecular weight excluding hydrogens is 251 g/mol. The maximum absolute atomic E-state index is 13.6. The highest BCUT2D eigenvalue weighted by Crippen LogP contribution is 2.35. The van der Waals surface area contributed by atoms with Gasteiger partial charge >= 0.3 is 0 Å². The van der Waals surface area contributed by atoms with E-state index in [0.29, 0.717) is 16.9 Å². The SMILES string of the molecule is CC(C)(C)C1CCCN(c2cc(F)cc(C#N)c2)CC1. The predicted molar refractivity (Wildman–Crippen MR) is 80.1 cm³/mol. The lowest BCUT2D eigenvalue weighted by Crippen LogP contribution is -2.26. The van der Waals surface area contributed by atoms with E-state index < -0.39 is 0 Å². The Morgan fingerprint density at radius 3 is 2.60 bits per heavy atom. The van der Waals surface area contributed by atoms with E-state index in [4.69, 9.17) is 5.26 Å². The molecule has 108 valence electrons. The van der Waals surface area contributed by atoms with Crippen LogP contribution in [0, 0.1) is 28.5 Å². The van der Waals surface area contributed by atoms with E-state index in [1.54, 1.807) is 6.07 Å². The monoisotopic (exact) mass is 274 g/mol. The molecule has 0 spiro atoms. The van der Waals surface area contributed by atoms with Gasteiger partial charge < -0.3 is 4.90 Å². The van der Waals surface area contributed by atoms with Gasteiger partial charge in [0.05, 0.1) is 11.6 Å². The van der Waals surface area contributed by atoms with Gasteiger partial charge in [0.25, 0.3) is 0 Å². The molecule has 0 aliphatic carbocycles. The van der Waals surface area contributed by atoms with Crippen LogP contribution in [0.5, 0.6) is 0 Å². The summed E-state index contributed by atoms with van der Waals surface area (Å²) in [4.78, 5) is 2.22. The molecule has 0 radical (unpaired) electrons. The maximum atomic E-state index is 13.6. The summed E-state index contributed by atoms with van der Waals surface area (Å²) in [6.07, 6.45) is 3.47. The quantitative estimate of drug-likeness (QED) is 0.761. The first-order valence-electron chi connectivity index (χ1n) is 7.36. The minimum atomic E-state index is -0.323. The molecule has 20 heavy (non-hydrogen) atoms. The fraction of sp³-hybridized carbons (Fsp3) is 0.588. The Labute approximate surface area is 121 Å². The molecule has 0 N–H and O–H groups in total. The van der Waals surface area contributed by atoms with Crippen molar-refractivity contribution < 1.29 is 4.39 Å². The third kappa shape index (κ3) is 3.50. The van der Waals surface area contributed by atoms with Gasteiger partial charge in [-0.1, -0.05) is 20.8 Å². The van der Waals surface area contributed by atoms with Crippen molar-refractivity contribution in [1.29, 1.82) is 5.26 Å². The third-order valence-electron chi connectivity index (χ3n) is 4.33. The van der Waals surface area contributed by atoms with Crippen LogP contribution in [0.2, 0.25) is 0 Å². The highest BCUT2D eigenvalue weighted by atomic mass is 19.1. The molecule has 0 amide bonds. The highest BCUT2D eigenvalue weighted by molar-refractivity contribution is 5.52. The number of anilines is 1. The van der Waals surface area contributed by atoms with E-state index in [9.17, 15) is 4.39 Å². The Bertz CT molecular complexity index is 511. The molecule has 1 aliphatic rings. The Hall–Kier alpha value is -1.56. The number of benzene rings is 1. The molecule has 1 aliphatic heterocycles. The summed E-state index contributed by atoms with van der Waals surface area (Å²) < 4.78 is 13.6. The first kappa shape index (κ1) is 14.8. The van der Waals surface area contributed by atoms with Crippen molar-refractivity contribution in [3.63, 3.8) is 0 Å². The molecule has 3 heteroatoms. The zero-order valence-corrected chi connectivity index (χ0v) is 12.6. The Kier molecular flexibility index (Phi) is 4.32. The Balaban J connectivity index is 2.15. The van der Waals surface area contributed by atoms with Gasteiger partial charge in [0.1, 0.15) is 5.82 Å². The summed E-state index contributed by atoms with van der Waals surface area (Å²) in [5, 5.41) is 8.95. The number of rotatable bonds is 1. The van der Waals surface area contributed by atoms with Crippen LogP contribution >= 0.6 is 0 Å². The lowest BCUT2D eigenvalue weighted by molar-refractivity contribution is 0.220. The Morgan fingerprint density at radius 1 is 1.20 bits per heavy atom. The van der Waals surface area contributed by atoms with Crippen molar-refractivity contribution in [1.82, 2.24) is 0 Å². The van der Waals surface area contributed by atoms with Crippen LogP contribution in [-0.4, -0.2) is 13.1 Å². The summed E-state index contributed by atoms with van der Waals surface area (Å²) in [6.45, 7) is 8.77. The van der Waals surface area contributed by atoms with Crippen LogP contribution in [-0.2, 0) is 0 Å². The van der Waals surface area contributed by atoms with Gasteiger partial charge in [0, 0.05) is 18.8 Å². The van der Waals surface area contributed by atoms with Crippen LogP contribution in [0.4, 0.5) is 10.1 Å². The minimum absolute atomic E-state index is 0.323. The van der Waals surface area contributed by atoms with Gasteiger partial charge in [0.2, 0.25) is 0 Å². The van der Waals surface area contributed by atoms with Gasteiger partial charge in [-0.3, -0.25) is 0 Å². The molecule has 1 heterocycles. The number of hydrogen-bond acceptors (Lipinski definition) is 2. The van der Waals surface area contributed by atoms with Gasteiger partial charge in [-0.25, -0.2) is 4.39 Å². The van der Waals surface area contributed by atoms with Crippen molar-refractivity contribution >= 4 is 5.69 Å². The average molecular weight is 274 g/mol. The van der Waals surface area contributed by atoms with Gasteiger partial charge in [-0.15, -0.1) is 0 Å². The van der Waals surface area contributed by atoms with Crippen molar-refractivity contribution in [2.24, 2.45) is 11.3 Å². The summed E-state index contributed by atoms with van der Waals surface area (Å²) >= 11 is 0. The van der Waals surface area contributed by atoms with Crippen molar-refractivity contribution in [2.45, 2.75) is 40.0 Å². The van der Waals surface area contributed by atoms with E-state index in [2.05, 4.69) is 25.7 Å². The molecule has 1 aromatic carbocycles. The van der Waals surface area contributed by atoms with Crippen LogP contribution in [0.15, 0.2) is 18.2 Å². The molecule has 0 saturated carbocycles. The maximum Gasteiger partial charge on any atom is 0.126 e. The second-order valence-electron chi connectivity index (χ2n) is 6.79. The van der Waals surface area contributed by atoms with Crippen LogP contribution in [0.1, 0.15) is 45.6 Å².